The molecule has 1 saturated carbocycles. The first-order chi connectivity index (χ1) is 11.0. The Hall–Kier alpha value is -2.14. The Morgan fingerprint density at radius 3 is 2.61 bits per heavy atom. The Morgan fingerprint density at radius 2 is 2.00 bits per heavy atom. The minimum absolute atomic E-state index is 0.00116. The van der Waals surface area contributed by atoms with Crippen LogP contribution >= 0.6 is 11.6 Å². The Labute approximate surface area is 140 Å². The molecule has 2 aromatic rings. The van der Waals surface area contributed by atoms with Crippen molar-refractivity contribution in [2.75, 3.05) is 0 Å². The fraction of sp³-hybridized carbons (Fsp3) is 0.353. The molecule has 3 rings (SSSR count). The predicted molar refractivity (Wildman–Crippen MR) is 87.7 cm³/mol. The molecule has 0 atom stereocenters. The summed E-state index contributed by atoms with van der Waals surface area (Å²) in [6.45, 7) is 4.16. The lowest BCUT2D eigenvalue weighted by molar-refractivity contribution is -0.127. The van der Waals surface area contributed by atoms with Crippen molar-refractivity contribution in [1.82, 2.24) is 15.1 Å². The summed E-state index contributed by atoms with van der Waals surface area (Å²) in [4.78, 5) is 14.1. The highest BCUT2D eigenvalue weighted by atomic mass is 35.5. The van der Waals surface area contributed by atoms with Crippen LogP contribution in [-0.2, 0) is 11.3 Å². The van der Waals surface area contributed by atoms with Gasteiger partial charge in [0.25, 0.3) is 0 Å². The fourth-order valence-electron chi connectivity index (χ4n) is 2.28. The van der Waals surface area contributed by atoms with Crippen molar-refractivity contribution < 1.29 is 9.21 Å². The normalized spacial score (nSPS) is 13.7. The van der Waals surface area contributed by atoms with E-state index in [1.807, 2.05) is 26.0 Å². The number of carbonyl (C=O) groups excluding carboxylic acids is 1. The van der Waals surface area contributed by atoms with Crippen LogP contribution in [0.3, 0.4) is 0 Å². The molecule has 1 aromatic heterocycles. The van der Waals surface area contributed by atoms with Crippen LogP contribution in [0.1, 0.15) is 32.6 Å². The van der Waals surface area contributed by atoms with Crippen LogP contribution in [0.5, 0.6) is 0 Å². The first-order valence-electron chi connectivity index (χ1n) is 7.57. The van der Waals surface area contributed by atoms with Gasteiger partial charge in [0.15, 0.2) is 0 Å². The van der Waals surface area contributed by atoms with E-state index >= 15 is 0 Å². The quantitative estimate of drug-likeness (QED) is 0.781. The highest BCUT2D eigenvalue weighted by molar-refractivity contribution is 6.30. The molecule has 1 aliphatic rings. The maximum atomic E-state index is 12.3. The van der Waals surface area contributed by atoms with E-state index in [0.717, 1.165) is 24.0 Å². The zero-order valence-electron chi connectivity index (χ0n) is 13.1. The lowest BCUT2D eigenvalue weighted by Crippen LogP contribution is -2.31. The van der Waals surface area contributed by atoms with Gasteiger partial charge in [-0.25, -0.2) is 0 Å². The molecule has 1 aromatic carbocycles. The van der Waals surface area contributed by atoms with E-state index in [1.54, 1.807) is 23.1 Å². The Kier molecular flexibility index (Phi) is 4.48. The van der Waals surface area contributed by atoms with E-state index in [0.29, 0.717) is 23.3 Å². The van der Waals surface area contributed by atoms with Gasteiger partial charge in [-0.2, -0.15) is 0 Å². The van der Waals surface area contributed by atoms with Gasteiger partial charge in [0.1, 0.15) is 0 Å². The van der Waals surface area contributed by atoms with Gasteiger partial charge in [0.05, 0.1) is 6.54 Å². The summed E-state index contributed by atoms with van der Waals surface area (Å²) in [5, 5.41) is 8.77. The van der Waals surface area contributed by atoms with Gasteiger partial charge in [0.2, 0.25) is 17.7 Å². The first kappa shape index (κ1) is 15.7. The molecule has 0 N–H and O–H groups in total. The zero-order chi connectivity index (χ0) is 16.4. The van der Waals surface area contributed by atoms with Gasteiger partial charge in [0, 0.05) is 22.7 Å². The van der Waals surface area contributed by atoms with Crippen molar-refractivity contribution in [3.05, 3.63) is 46.8 Å². The number of benzene rings is 1. The number of nitrogens with zero attached hydrogens (tertiary/aromatic N) is 3. The maximum absolute atomic E-state index is 12.3. The highest BCUT2D eigenvalue weighted by Crippen LogP contribution is 2.29. The van der Waals surface area contributed by atoms with E-state index in [9.17, 15) is 4.79 Å². The number of hydrogen-bond donors (Lipinski definition) is 0. The second-order valence-corrected chi connectivity index (χ2v) is 6.36. The molecule has 0 aliphatic heterocycles. The first-order valence-corrected chi connectivity index (χ1v) is 7.94. The summed E-state index contributed by atoms with van der Waals surface area (Å²) >= 11 is 5.88. The molecule has 5 nitrogen and oxygen atoms in total. The van der Waals surface area contributed by atoms with Gasteiger partial charge >= 0.3 is 0 Å². The zero-order valence-corrected chi connectivity index (χ0v) is 13.9. The van der Waals surface area contributed by atoms with E-state index in [4.69, 9.17) is 16.0 Å². The average Bonchev–Trinajstić information content (AvgIpc) is 3.23. The highest BCUT2D eigenvalue weighted by Gasteiger charge is 2.32. The largest absolute Gasteiger partial charge is 0.419 e. The monoisotopic (exact) mass is 331 g/mol. The van der Waals surface area contributed by atoms with Crippen LogP contribution in [0.15, 0.2) is 40.3 Å². The molecule has 0 saturated heterocycles. The third-order valence-electron chi connectivity index (χ3n) is 3.55. The lowest BCUT2D eigenvalue weighted by atomic mass is 10.2. The minimum Gasteiger partial charge on any atom is -0.419 e. The summed E-state index contributed by atoms with van der Waals surface area (Å²) in [6, 6.07) is 7.48. The Bertz CT molecular complexity index is 729. The number of carbonyl (C=O) groups is 1. The Morgan fingerprint density at radius 1 is 1.30 bits per heavy atom. The topological polar surface area (TPSA) is 59.2 Å². The van der Waals surface area contributed by atoms with Crippen LogP contribution in [0.4, 0.5) is 0 Å². The smallest absolute Gasteiger partial charge is 0.247 e. The van der Waals surface area contributed by atoms with E-state index < -0.39 is 0 Å². The van der Waals surface area contributed by atoms with Crippen molar-refractivity contribution in [3.8, 4) is 11.5 Å². The summed E-state index contributed by atoms with van der Waals surface area (Å²) in [7, 11) is 0. The molecule has 120 valence electrons. The summed E-state index contributed by atoms with van der Waals surface area (Å²) in [5.41, 5.74) is 1.79. The molecule has 0 radical (unpaired) electrons. The van der Waals surface area contributed by atoms with E-state index in [-0.39, 0.29) is 11.9 Å². The number of hydrogen-bond acceptors (Lipinski definition) is 4. The van der Waals surface area contributed by atoms with Crippen molar-refractivity contribution in [2.45, 2.75) is 39.3 Å². The third-order valence-corrected chi connectivity index (χ3v) is 3.80. The lowest BCUT2D eigenvalue weighted by Gasteiger charge is -2.18. The third kappa shape index (κ3) is 3.99. The summed E-state index contributed by atoms with van der Waals surface area (Å²) in [5.74, 6) is 0.873. The number of rotatable bonds is 5. The molecule has 1 heterocycles. The number of amides is 1. The van der Waals surface area contributed by atoms with Crippen LogP contribution in [0, 0.1) is 0 Å². The van der Waals surface area contributed by atoms with Crippen molar-refractivity contribution in [2.24, 2.45) is 0 Å². The van der Waals surface area contributed by atoms with Crippen LogP contribution in [-0.4, -0.2) is 27.0 Å². The second-order valence-electron chi connectivity index (χ2n) is 5.93. The van der Waals surface area contributed by atoms with Crippen molar-refractivity contribution >= 4 is 17.5 Å². The fourth-order valence-corrected chi connectivity index (χ4v) is 2.40. The van der Waals surface area contributed by atoms with Gasteiger partial charge in [-0.05, 0) is 51.0 Å². The number of allylic oxidation sites excluding steroid dienone is 1. The molecule has 6 heteroatoms. The van der Waals surface area contributed by atoms with Gasteiger partial charge in [-0.3, -0.25) is 4.79 Å². The second kappa shape index (κ2) is 6.54. The van der Waals surface area contributed by atoms with Crippen molar-refractivity contribution in [3.63, 3.8) is 0 Å². The maximum Gasteiger partial charge on any atom is 0.247 e. The molecule has 1 amide bonds. The standard InChI is InChI=1S/C17H18ClN3O2/c1-11(2)9-16(22)21(14-7-8-14)10-15-19-20-17(23-15)12-3-5-13(18)6-4-12/h3-6,9,14H,7-8,10H2,1-2H3. The molecule has 1 fully saturated rings. The number of halogens is 1. The van der Waals surface area contributed by atoms with Gasteiger partial charge in [-0.15, -0.1) is 10.2 Å². The molecule has 1 aliphatic carbocycles. The minimum atomic E-state index is -0.00116. The molecule has 0 unspecified atom stereocenters. The van der Waals surface area contributed by atoms with Crippen molar-refractivity contribution in [1.29, 1.82) is 0 Å². The van der Waals surface area contributed by atoms with Crippen LogP contribution in [0.2, 0.25) is 5.02 Å². The molecule has 23 heavy (non-hydrogen) atoms. The van der Waals surface area contributed by atoms with E-state index in [2.05, 4.69) is 10.2 Å². The summed E-state index contributed by atoms with van der Waals surface area (Å²) < 4.78 is 5.69. The van der Waals surface area contributed by atoms with Gasteiger partial charge < -0.3 is 9.32 Å². The summed E-state index contributed by atoms with van der Waals surface area (Å²) in [6.07, 6.45) is 3.70. The molecular weight excluding hydrogens is 314 g/mol. The molecule has 0 bridgehead atoms. The number of aromatic nitrogens is 2. The molecular formula is C17H18ClN3O2. The Balaban J connectivity index is 1.75. The van der Waals surface area contributed by atoms with Crippen LogP contribution in [0.25, 0.3) is 11.5 Å². The van der Waals surface area contributed by atoms with Crippen LogP contribution < -0.4 is 0 Å². The SMILES string of the molecule is CC(C)=CC(=O)N(Cc1nnc(-c2ccc(Cl)cc2)o1)C1CC1. The average molecular weight is 332 g/mol. The predicted octanol–water partition coefficient (Wildman–Crippen LogP) is 3.85. The molecule has 0 spiro atoms. The van der Waals surface area contributed by atoms with E-state index in [1.165, 1.54) is 0 Å². The van der Waals surface area contributed by atoms with Gasteiger partial charge in [-0.1, -0.05) is 17.2 Å².